The summed E-state index contributed by atoms with van der Waals surface area (Å²) in [5, 5.41) is 3.90. The fraction of sp³-hybridized carbons (Fsp3) is 0.438. The van der Waals surface area contributed by atoms with Crippen molar-refractivity contribution >= 4 is 11.9 Å². The van der Waals surface area contributed by atoms with Crippen LogP contribution in [0.25, 0.3) is 0 Å². The number of esters is 1. The van der Waals surface area contributed by atoms with Crippen LogP contribution in [0.15, 0.2) is 23.3 Å². The highest BCUT2D eigenvalue weighted by molar-refractivity contribution is 5.90. The standard InChI is InChI=1S/C16H19N5O4/c1-20-16(24)18-13(19-20)14(22)21-4-3-10(9-21)5-11-6-12(8-17-7-11)15(23)25-2/h6-8,10H,3-5,9H2,1-2H3,(H,18,19,24). The summed E-state index contributed by atoms with van der Waals surface area (Å²) in [5.74, 6) is -0.380. The van der Waals surface area contributed by atoms with Crippen LogP contribution in [0, 0.1) is 5.92 Å². The number of methoxy groups -OCH3 is 1. The van der Waals surface area contributed by atoms with Crippen molar-refractivity contribution in [1.82, 2.24) is 24.6 Å². The Balaban J connectivity index is 1.64. The van der Waals surface area contributed by atoms with Gasteiger partial charge in [0.2, 0.25) is 5.82 Å². The average molecular weight is 345 g/mol. The molecule has 1 aliphatic rings. The molecule has 1 fully saturated rings. The van der Waals surface area contributed by atoms with E-state index in [2.05, 4.69) is 15.1 Å². The third kappa shape index (κ3) is 3.59. The van der Waals surface area contributed by atoms with E-state index in [4.69, 9.17) is 4.74 Å². The number of pyridine rings is 1. The number of rotatable bonds is 4. The number of carbonyl (C=O) groups is 2. The van der Waals surface area contributed by atoms with Crippen LogP contribution in [-0.4, -0.2) is 56.7 Å². The molecule has 0 spiro atoms. The maximum Gasteiger partial charge on any atom is 0.343 e. The number of nitrogens with one attached hydrogen (secondary N) is 1. The molecule has 3 rings (SSSR count). The van der Waals surface area contributed by atoms with Gasteiger partial charge in [-0.05, 0) is 30.4 Å². The van der Waals surface area contributed by atoms with Gasteiger partial charge in [0.25, 0.3) is 5.91 Å². The summed E-state index contributed by atoms with van der Waals surface area (Å²) in [7, 11) is 2.82. The van der Waals surface area contributed by atoms with E-state index in [1.807, 2.05) is 0 Å². The number of aromatic nitrogens is 4. The molecular weight excluding hydrogens is 326 g/mol. The topological polar surface area (TPSA) is 110 Å². The van der Waals surface area contributed by atoms with Crippen molar-refractivity contribution in [1.29, 1.82) is 0 Å². The van der Waals surface area contributed by atoms with Gasteiger partial charge in [-0.25, -0.2) is 14.3 Å². The quantitative estimate of drug-likeness (QED) is 0.781. The second-order valence-corrected chi connectivity index (χ2v) is 6.09. The molecule has 2 aromatic rings. The number of aryl methyl sites for hydroxylation is 1. The molecule has 2 aromatic heterocycles. The van der Waals surface area contributed by atoms with E-state index in [9.17, 15) is 14.4 Å². The molecular formula is C16H19N5O4. The van der Waals surface area contributed by atoms with Gasteiger partial charge < -0.3 is 9.64 Å². The minimum atomic E-state index is -0.420. The van der Waals surface area contributed by atoms with E-state index in [1.165, 1.54) is 20.4 Å². The summed E-state index contributed by atoms with van der Waals surface area (Å²) < 4.78 is 5.80. The lowest BCUT2D eigenvalue weighted by Crippen LogP contribution is -2.30. The normalized spacial score (nSPS) is 16.9. The van der Waals surface area contributed by atoms with Crippen LogP contribution in [0.2, 0.25) is 0 Å². The fourth-order valence-electron chi connectivity index (χ4n) is 2.99. The van der Waals surface area contributed by atoms with Crippen LogP contribution in [0.3, 0.4) is 0 Å². The van der Waals surface area contributed by atoms with Crippen molar-refractivity contribution in [3.63, 3.8) is 0 Å². The molecule has 132 valence electrons. The fourth-order valence-corrected chi connectivity index (χ4v) is 2.99. The Morgan fingerprint density at radius 2 is 2.20 bits per heavy atom. The Labute approximate surface area is 143 Å². The molecule has 0 aliphatic carbocycles. The summed E-state index contributed by atoms with van der Waals surface area (Å²) >= 11 is 0. The molecule has 1 unspecified atom stereocenters. The SMILES string of the molecule is COC(=O)c1cncc(CC2CCN(C(=O)c3nn(C)c(=O)[nH]3)C2)c1. The lowest BCUT2D eigenvalue weighted by Gasteiger charge is -2.15. The highest BCUT2D eigenvalue weighted by Gasteiger charge is 2.29. The maximum atomic E-state index is 12.4. The Morgan fingerprint density at radius 3 is 2.88 bits per heavy atom. The predicted octanol–water partition coefficient (Wildman–Crippen LogP) is -0.00520. The van der Waals surface area contributed by atoms with Gasteiger partial charge in [0.15, 0.2) is 0 Å². The smallest absolute Gasteiger partial charge is 0.343 e. The first-order valence-corrected chi connectivity index (χ1v) is 7.92. The molecule has 1 N–H and O–H groups in total. The van der Waals surface area contributed by atoms with Crippen LogP contribution in [0.1, 0.15) is 33.0 Å². The maximum absolute atomic E-state index is 12.4. The Hall–Kier alpha value is -2.97. The number of hydrogen-bond donors (Lipinski definition) is 1. The van der Waals surface area contributed by atoms with Crippen LogP contribution in [-0.2, 0) is 18.2 Å². The first-order valence-electron chi connectivity index (χ1n) is 7.92. The summed E-state index contributed by atoms with van der Waals surface area (Å²) in [6.45, 7) is 1.17. The van der Waals surface area contributed by atoms with Crippen molar-refractivity contribution < 1.29 is 14.3 Å². The van der Waals surface area contributed by atoms with Gasteiger partial charge in [0.1, 0.15) is 0 Å². The lowest BCUT2D eigenvalue weighted by molar-refractivity contribution is 0.0600. The first-order chi connectivity index (χ1) is 12.0. The zero-order chi connectivity index (χ0) is 18.0. The molecule has 3 heterocycles. The Kier molecular flexibility index (Phi) is 4.64. The second kappa shape index (κ2) is 6.88. The van der Waals surface area contributed by atoms with Crippen molar-refractivity contribution in [3.05, 3.63) is 45.9 Å². The van der Waals surface area contributed by atoms with Gasteiger partial charge in [-0.1, -0.05) is 0 Å². The molecule has 9 nitrogen and oxygen atoms in total. The molecule has 0 bridgehead atoms. The van der Waals surface area contributed by atoms with Crippen molar-refractivity contribution in [3.8, 4) is 0 Å². The monoisotopic (exact) mass is 345 g/mol. The molecule has 0 aromatic carbocycles. The summed E-state index contributed by atoms with van der Waals surface area (Å²) in [5.41, 5.74) is 0.926. The number of carbonyl (C=O) groups excluding carboxylic acids is 2. The molecule has 9 heteroatoms. The Bertz CT molecular complexity index is 856. The number of hydrogen-bond acceptors (Lipinski definition) is 6. The van der Waals surface area contributed by atoms with Gasteiger partial charge in [0.05, 0.1) is 12.7 Å². The summed E-state index contributed by atoms with van der Waals surface area (Å²) in [4.78, 5) is 43.6. The molecule has 1 amide bonds. The minimum absolute atomic E-state index is 0.0579. The van der Waals surface area contributed by atoms with Crippen molar-refractivity contribution in [2.45, 2.75) is 12.8 Å². The molecule has 0 radical (unpaired) electrons. The van der Waals surface area contributed by atoms with E-state index in [0.717, 1.165) is 16.7 Å². The van der Waals surface area contributed by atoms with Gasteiger partial charge in [-0.2, -0.15) is 0 Å². The van der Waals surface area contributed by atoms with Crippen molar-refractivity contribution in [2.75, 3.05) is 20.2 Å². The molecule has 0 saturated carbocycles. The van der Waals surface area contributed by atoms with Gasteiger partial charge in [0, 0.05) is 32.5 Å². The van der Waals surface area contributed by atoms with Gasteiger partial charge >= 0.3 is 11.7 Å². The van der Waals surface area contributed by atoms with Gasteiger partial charge in [-0.3, -0.25) is 14.8 Å². The highest BCUT2D eigenvalue weighted by atomic mass is 16.5. The van der Waals surface area contributed by atoms with Gasteiger partial charge in [-0.15, -0.1) is 5.10 Å². The van der Waals surface area contributed by atoms with E-state index in [-0.39, 0.29) is 17.6 Å². The average Bonchev–Trinajstić information content (AvgIpc) is 3.21. The molecule has 1 aliphatic heterocycles. The summed E-state index contributed by atoms with van der Waals surface area (Å²) in [6.07, 6.45) is 4.73. The van der Waals surface area contributed by atoms with Crippen LogP contribution in [0.4, 0.5) is 0 Å². The Morgan fingerprint density at radius 1 is 1.40 bits per heavy atom. The number of aromatic amines is 1. The second-order valence-electron chi connectivity index (χ2n) is 6.09. The van der Waals surface area contributed by atoms with E-state index >= 15 is 0 Å². The zero-order valence-electron chi connectivity index (χ0n) is 14.1. The van der Waals surface area contributed by atoms with E-state index in [1.54, 1.807) is 17.2 Å². The van der Waals surface area contributed by atoms with Crippen LogP contribution in [0.5, 0.6) is 0 Å². The van der Waals surface area contributed by atoms with E-state index in [0.29, 0.717) is 25.1 Å². The number of amides is 1. The zero-order valence-corrected chi connectivity index (χ0v) is 14.1. The number of likely N-dealkylation sites (tertiary alicyclic amines) is 1. The predicted molar refractivity (Wildman–Crippen MR) is 87.1 cm³/mol. The third-order valence-corrected chi connectivity index (χ3v) is 4.29. The molecule has 25 heavy (non-hydrogen) atoms. The van der Waals surface area contributed by atoms with Crippen molar-refractivity contribution in [2.24, 2.45) is 13.0 Å². The number of ether oxygens (including phenoxy) is 1. The summed E-state index contributed by atoms with van der Waals surface area (Å²) in [6, 6.07) is 1.76. The molecule has 1 atom stereocenters. The molecule has 1 saturated heterocycles. The number of H-pyrrole nitrogens is 1. The van der Waals surface area contributed by atoms with Crippen LogP contribution < -0.4 is 5.69 Å². The largest absolute Gasteiger partial charge is 0.465 e. The van der Waals surface area contributed by atoms with E-state index < -0.39 is 11.7 Å². The highest BCUT2D eigenvalue weighted by Crippen LogP contribution is 2.22. The number of nitrogens with zero attached hydrogens (tertiary/aromatic N) is 4. The lowest BCUT2D eigenvalue weighted by atomic mass is 9.99. The third-order valence-electron chi connectivity index (χ3n) is 4.29. The minimum Gasteiger partial charge on any atom is -0.465 e. The van der Waals surface area contributed by atoms with Crippen LogP contribution >= 0.6 is 0 Å². The first kappa shape index (κ1) is 16.9.